The number of benzene rings is 1. The number of hydrogen-bond acceptors (Lipinski definition) is 2. The van der Waals surface area contributed by atoms with Gasteiger partial charge in [-0.15, -0.1) is 0 Å². The second kappa shape index (κ2) is 5.40. The number of aromatic amines is 1. The van der Waals surface area contributed by atoms with Crippen molar-refractivity contribution in [1.82, 2.24) is 14.8 Å². The third-order valence-electron chi connectivity index (χ3n) is 3.85. The van der Waals surface area contributed by atoms with Gasteiger partial charge in [0.1, 0.15) is 5.52 Å². The van der Waals surface area contributed by atoms with Crippen molar-refractivity contribution < 1.29 is 0 Å². The molecule has 1 aromatic carbocycles. The standard InChI is InChI=1S/C17H17N3O/c1-12-13(2)20(16-15(12)11-18-19-17(16)21)10-6-9-14-7-4-3-5-8-14/h3-9,11H,10H2,1-2H3,(H,19,21). The molecule has 0 aliphatic carbocycles. The molecule has 0 amide bonds. The van der Waals surface area contributed by atoms with Crippen molar-refractivity contribution in [3.63, 3.8) is 0 Å². The van der Waals surface area contributed by atoms with Gasteiger partial charge in [-0.3, -0.25) is 4.79 Å². The molecule has 106 valence electrons. The molecule has 1 N–H and O–H groups in total. The molecule has 0 radical (unpaired) electrons. The maximum Gasteiger partial charge on any atom is 0.288 e. The van der Waals surface area contributed by atoms with Crippen LogP contribution in [0.3, 0.4) is 0 Å². The summed E-state index contributed by atoms with van der Waals surface area (Å²) in [4.78, 5) is 12.0. The number of aryl methyl sites for hydroxylation is 1. The number of nitrogens with one attached hydrogen (secondary N) is 1. The third-order valence-corrected chi connectivity index (χ3v) is 3.85. The molecule has 0 saturated heterocycles. The number of nitrogens with zero attached hydrogens (tertiary/aromatic N) is 2. The Balaban J connectivity index is 2.00. The number of rotatable bonds is 3. The fourth-order valence-corrected chi connectivity index (χ4v) is 2.59. The van der Waals surface area contributed by atoms with Gasteiger partial charge in [0, 0.05) is 17.6 Å². The summed E-state index contributed by atoms with van der Waals surface area (Å²) in [5.41, 5.74) is 3.91. The third kappa shape index (κ3) is 2.40. The van der Waals surface area contributed by atoms with Gasteiger partial charge in [-0.2, -0.15) is 5.10 Å². The quantitative estimate of drug-likeness (QED) is 0.801. The van der Waals surface area contributed by atoms with Crippen molar-refractivity contribution in [2.75, 3.05) is 0 Å². The Kier molecular flexibility index (Phi) is 3.44. The number of fused-ring (bicyclic) bond motifs is 1. The van der Waals surface area contributed by atoms with Gasteiger partial charge in [0.25, 0.3) is 5.56 Å². The van der Waals surface area contributed by atoms with Gasteiger partial charge >= 0.3 is 0 Å². The molecule has 2 heterocycles. The second-order valence-electron chi connectivity index (χ2n) is 5.10. The van der Waals surface area contributed by atoms with Crippen LogP contribution in [0.4, 0.5) is 0 Å². The summed E-state index contributed by atoms with van der Waals surface area (Å²) in [5, 5.41) is 7.32. The van der Waals surface area contributed by atoms with Gasteiger partial charge in [-0.05, 0) is 25.0 Å². The van der Waals surface area contributed by atoms with Gasteiger partial charge in [-0.25, -0.2) is 5.10 Å². The van der Waals surface area contributed by atoms with Crippen LogP contribution in [-0.2, 0) is 6.54 Å². The Labute approximate surface area is 122 Å². The van der Waals surface area contributed by atoms with E-state index in [2.05, 4.69) is 34.5 Å². The van der Waals surface area contributed by atoms with E-state index >= 15 is 0 Å². The maximum atomic E-state index is 12.0. The minimum Gasteiger partial charge on any atom is -0.336 e. The van der Waals surface area contributed by atoms with Crippen molar-refractivity contribution in [1.29, 1.82) is 0 Å². The first-order valence-electron chi connectivity index (χ1n) is 6.93. The monoisotopic (exact) mass is 279 g/mol. The molecule has 3 rings (SSSR count). The zero-order chi connectivity index (χ0) is 14.8. The fraction of sp³-hybridized carbons (Fsp3) is 0.176. The second-order valence-corrected chi connectivity index (χ2v) is 5.10. The SMILES string of the molecule is Cc1c(C)n(CC=Cc2ccccc2)c2c(=O)[nH]ncc12. The van der Waals surface area contributed by atoms with Crippen molar-refractivity contribution in [2.45, 2.75) is 20.4 Å². The van der Waals surface area contributed by atoms with Crippen molar-refractivity contribution in [2.24, 2.45) is 0 Å². The van der Waals surface area contributed by atoms with Gasteiger partial charge in [0.2, 0.25) is 0 Å². The van der Waals surface area contributed by atoms with Gasteiger partial charge in [0.15, 0.2) is 0 Å². The first-order chi connectivity index (χ1) is 10.2. The van der Waals surface area contributed by atoms with Crippen LogP contribution >= 0.6 is 0 Å². The summed E-state index contributed by atoms with van der Waals surface area (Å²) in [6.07, 6.45) is 5.85. The fourth-order valence-electron chi connectivity index (χ4n) is 2.59. The van der Waals surface area contributed by atoms with E-state index in [1.165, 1.54) is 0 Å². The van der Waals surface area contributed by atoms with Crippen LogP contribution in [0.25, 0.3) is 17.0 Å². The normalized spacial score (nSPS) is 11.5. The molecule has 0 unspecified atom stereocenters. The van der Waals surface area contributed by atoms with E-state index in [-0.39, 0.29) is 5.56 Å². The first-order valence-corrected chi connectivity index (χ1v) is 6.93. The number of hydrogen-bond donors (Lipinski definition) is 1. The highest BCUT2D eigenvalue weighted by Gasteiger charge is 2.12. The van der Waals surface area contributed by atoms with Gasteiger partial charge < -0.3 is 4.57 Å². The number of aromatic nitrogens is 3. The molecule has 2 aromatic heterocycles. The topological polar surface area (TPSA) is 50.7 Å². The molecule has 0 saturated carbocycles. The molecule has 0 spiro atoms. The average Bonchev–Trinajstić information content (AvgIpc) is 2.75. The lowest BCUT2D eigenvalue weighted by molar-refractivity contribution is 0.816. The van der Waals surface area contributed by atoms with E-state index < -0.39 is 0 Å². The lowest BCUT2D eigenvalue weighted by Gasteiger charge is -2.04. The van der Waals surface area contributed by atoms with Gasteiger partial charge in [0.05, 0.1) is 6.20 Å². The Morgan fingerprint density at radius 2 is 2.00 bits per heavy atom. The predicted octanol–water partition coefficient (Wildman–Crippen LogP) is 3.05. The van der Waals surface area contributed by atoms with E-state index in [0.29, 0.717) is 12.1 Å². The molecular weight excluding hydrogens is 262 g/mol. The Morgan fingerprint density at radius 1 is 1.24 bits per heavy atom. The molecule has 0 fully saturated rings. The van der Waals surface area contributed by atoms with Crippen LogP contribution < -0.4 is 5.56 Å². The van der Waals surface area contributed by atoms with E-state index in [0.717, 1.165) is 22.2 Å². The number of H-pyrrole nitrogens is 1. The molecule has 3 aromatic rings. The molecule has 0 aliphatic rings. The summed E-state index contributed by atoms with van der Waals surface area (Å²) in [6.45, 7) is 4.72. The summed E-state index contributed by atoms with van der Waals surface area (Å²) in [5.74, 6) is 0. The van der Waals surface area contributed by atoms with Crippen LogP contribution in [-0.4, -0.2) is 14.8 Å². The van der Waals surface area contributed by atoms with Gasteiger partial charge in [-0.1, -0.05) is 42.5 Å². The predicted molar refractivity (Wildman–Crippen MR) is 85.3 cm³/mol. The minimum atomic E-state index is -0.142. The molecule has 0 aliphatic heterocycles. The van der Waals surface area contributed by atoms with E-state index in [4.69, 9.17) is 0 Å². The molecule has 21 heavy (non-hydrogen) atoms. The minimum absolute atomic E-state index is 0.142. The Hall–Kier alpha value is -2.62. The maximum absolute atomic E-state index is 12.0. The van der Waals surface area contributed by atoms with Crippen LogP contribution in [0.2, 0.25) is 0 Å². The van der Waals surface area contributed by atoms with E-state index in [9.17, 15) is 4.79 Å². The molecule has 4 nitrogen and oxygen atoms in total. The molecule has 4 heteroatoms. The highest BCUT2D eigenvalue weighted by Crippen LogP contribution is 2.21. The Bertz CT molecular complexity index is 857. The zero-order valence-electron chi connectivity index (χ0n) is 12.1. The smallest absolute Gasteiger partial charge is 0.288 e. The summed E-state index contributed by atoms with van der Waals surface area (Å²) >= 11 is 0. The molecule has 0 atom stereocenters. The first kappa shape index (κ1) is 13.4. The van der Waals surface area contributed by atoms with Crippen molar-refractivity contribution >= 4 is 17.0 Å². The molecular formula is C17H17N3O. The zero-order valence-corrected chi connectivity index (χ0v) is 12.1. The lowest BCUT2D eigenvalue weighted by Crippen LogP contribution is -2.12. The Morgan fingerprint density at radius 3 is 2.76 bits per heavy atom. The summed E-state index contributed by atoms with van der Waals surface area (Å²) in [7, 11) is 0. The summed E-state index contributed by atoms with van der Waals surface area (Å²) in [6, 6.07) is 10.1. The average molecular weight is 279 g/mol. The van der Waals surface area contributed by atoms with Crippen molar-refractivity contribution in [3.8, 4) is 0 Å². The van der Waals surface area contributed by atoms with Crippen LogP contribution in [0.5, 0.6) is 0 Å². The van der Waals surface area contributed by atoms with Crippen molar-refractivity contribution in [3.05, 3.63) is 69.8 Å². The van der Waals surface area contributed by atoms with Crippen LogP contribution in [0, 0.1) is 13.8 Å². The number of allylic oxidation sites excluding steroid dienone is 1. The highest BCUT2D eigenvalue weighted by atomic mass is 16.1. The van der Waals surface area contributed by atoms with E-state index in [1.54, 1.807) is 6.20 Å². The lowest BCUT2D eigenvalue weighted by atomic mass is 10.2. The molecule has 0 bridgehead atoms. The van der Waals surface area contributed by atoms with E-state index in [1.807, 2.05) is 36.6 Å². The highest BCUT2D eigenvalue weighted by molar-refractivity contribution is 5.83. The largest absolute Gasteiger partial charge is 0.336 e. The van der Waals surface area contributed by atoms with Crippen LogP contribution in [0.15, 0.2) is 47.4 Å². The van der Waals surface area contributed by atoms with Crippen LogP contribution in [0.1, 0.15) is 16.8 Å². The summed E-state index contributed by atoms with van der Waals surface area (Å²) < 4.78 is 2.03.